The number of alkyl halides is 3. The summed E-state index contributed by atoms with van der Waals surface area (Å²) < 4.78 is 38.3. The monoisotopic (exact) mass is 335 g/mol. The Morgan fingerprint density at radius 2 is 1.79 bits per heavy atom. The van der Waals surface area contributed by atoms with Gasteiger partial charge in [0.15, 0.2) is 0 Å². The topological polar surface area (TPSA) is 20.3 Å². The van der Waals surface area contributed by atoms with Gasteiger partial charge in [-0.2, -0.15) is 13.2 Å². The van der Waals surface area contributed by atoms with E-state index in [1.54, 1.807) is 11.0 Å². The predicted octanol–water partition coefficient (Wildman–Crippen LogP) is 4.61. The lowest BCUT2D eigenvalue weighted by atomic mass is 10.1. The summed E-state index contributed by atoms with van der Waals surface area (Å²) in [5, 5.41) is 0. The number of aryl methyl sites for hydroxylation is 1. The van der Waals surface area contributed by atoms with E-state index in [4.69, 9.17) is 0 Å². The molecule has 0 aliphatic carbocycles. The average molecular weight is 335 g/mol. The van der Waals surface area contributed by atoms with Gasteiger partial charge in [-0.1, -0.05) is 42.5 Å². The number of rotatable bonds is 5. The highest BCUT2D eigenvalue weighted by Gasteiger charge is 2.30. The molecule has 2 aromatic rings. The molecule has 0 saturated carbocycles. The van der Waals surface area contributed by atoms with E-state index in [0.29, 0.717) is 18.7 Å². The molecule has 0 aliphatic heterocycles. The fourth-order valence-corrected chi connectivity index (χ4v) is 2.51. The minimum absolute atomic E-state index is 0.0381. The van der Waals surface area contributed by atoms with Crippen LogP contribution in [0.4, 0.5) is 13.2 Å². The van der Waals surface area contributed by atoms with Crippen molar-refractivity contribution in [3.8, 4) is 0 Å². The standard InChI is InChI=1S/C19H20F3NO/c1-3-23(13-16-9-5-4-7-14(16)2)18(24)12-15-8-6-10-17(11-15)19(20,21)22/h4-11H,3,12-13H2,1-2H3. The Labute approximate surface area is 139 Å². The van der Waals surface area contributed by atoms with Crippen molar-refractivity contribution in [2.45, 2.75) is 33.0 Å². The molecule has 1 amide bonds. The number of halogens is 3. The van der Waals surface area contributed by atoms with Crippen LogP contribution in [0.3, 0.4) is 0 Å². The maximum absolute atomic E-state index is 12.8. The summed E-state index contributed by atoms with van der Waals surface area (Å²) in [6.07, 6.45) is -4.44. The zero-order valence-corrected chi connectivity index (χ0v) is 13.7. The molecule has 128 valence electrons. The van der Waals surface area contributed by atoms with Crippen LogP contribution in [0.25, 0.3) is 0 Å². The zero-order chi connectivity index (χ0) is 17.7. The lowest BCUT2D eigenvalue weighted by Crippen LogP contribution is -2.31. The van der Waals surface area contributed by atoms with Crippen LogP contribution in [-0.4, -0.2) is 17.4 Å². The number of carbonyl (C=O) groups is 1. The second kappa shape index (κ2) is 7.51. The van der Waals surface area contributed by atoms with Crippen LogP contribution in [0.15, 0.2) is 48.5 Å². The maximum atomic E-state index is 12.8. The number of hydrogen-bond donors (Lipinski definition) is 0. The van der Waals surface area contributed by atoms with Crippen molar-refractivity contribution in [1.29, 1.82) is 0 Å². The van der Waals surface area contributed by atoms with Crippen molar-refractivity contribution in [3.05, 3.63) is 70.8 Å². The first-order valence-corrected chi connectivity index (χ1v) is 7.79. The second-order valence-electron chi connectivity index (χ2n) is 5.71. The summed E-state index contributed by atoms with van der Waals surface area (Å²) in [4.78, 5) is 14.1. The van der Waals surface area contributed by atoms with Gasteiger partial charge >= 0.3 is 6.18 Å². The van der Waals surface area contributed by atoms with Crippen LogP contribution in [0.1, 0.15) is 29.2 Å². The lowest BCUT2D eigenvalue weighted by molar-refractivity contribution is -0.138. The minimum Gasteiger partial charge on any atom is -0.338 e. The Hall–Kier alpha value is -2.30. The van der Waals surface area contributed by atoms with Crippen molar-refractivity contribution in [2.75, 3.05) is 6.54 Å². The maximum Gasteiger partial charge on any atom is 0.416 e. The molecule has 0 N–H and O–H groups in total. The Morgan fingerprint density at radius 3 is 2.42 bits per heavy atom. The Balaban J connectivity index is 2.11. The molecule has 0 heterocycles. The highest BCUT2D eigenvalue weighted by Crippen LogP contribution is 2.29. The van der Waals surface area contributed by atoms with Gasteiger partial charge in [-0.15, -0.1) is 0 Å². The first kappa shape index (κ1) is 18.0. The zero-order valence-electron chi connectivity index (χ0n) is 13.7. The second-order valence-corrected chi connectivity index (χ2v) is 5.71. The van der Waals surface area contributed by atoms with E-state index in [2.05, 4.69) is 0 Å². The van der Waals surface area contributed by atoms with Crippen molar-refractivity contribution in [2.24, 2.45) is 0 Å². The van der Waals surface area contributed by atoms with E-state index in [1.165, 1.54) is 6.07 Å². The molecule has 0 atom stereocenters. The average Bonchev–Trinajstić information content (AvgIpc) is 2.53. The molecule has 24 heavy (non-hydrogen) atoms. The summed E-state index contributed by atoms with van der Waals surface area (Å²) in [6, 6.07) is 12.7. The fraction of sp³-hybridized carbons (Fsp3) is 0.316. The quantitative estimate of drug-likeness (QED) is 0.782. The molecule has 5 heteroatoms. The van der Waals surface area contributed by atoms with Crippen LogP contribution in [-0.2, 0) is 23.9 Å². The molecule has 0 aromatic heterocycles. The molecule has 2 nitrogen and oxygen atoms in total. The van der Waals surface area contributed by atoms with Crippen molar-refractivity contribution in [1.82, 2.24) is 4.90 Å². The molecule has 0 radical (unpaired) electrons. The molecular weight excluding hydrogens is 315 g/mol. The van der Waals surface area contributed by atoms with Gasteiger partial charge in [-0.05, 0) is 36.6 Å². The fourth-order valence-electron chi connectivity index (χ4n) is 2.51. The first-order chi connectivity index (χ1) is 11.3. The van der Waals surface area contributed by atoms with E-state index < -0.39 is 11.7 Å². The van der Waals surface area contributed by atoms with Crippen molar-refractivity contribution >= 4 is 5.91 Å². The predicted molar refractivity (Wildman–Crippen MR) is 87.4 cm³/mol. The largest absolute Gasteiger partial charge is 0.416 e. The highest BCUT2D eigenvalue weighted by atomic mass is 19.4. The number of amides is 1. The van der Waals surface area contributed by atoms with Gasteiger partial charge in [0, 0.05) is 13.1 Å². The number of carbonyl (C=O) groups excluding carboxylic acids is 1. The molecule has 0 unspecified atom stereocenters. The van der Waals surface area contributed by atoms with Crippen LogP contribution >= 0.6 is 0 Å². The minimum atomic E-state index is -4.40. The van der Waals surface area contributed by atoms with Gasteiger partial charge in [0.1, 0.15) is 0 Å². The molecule has 0 fully saturated rings. The SMILES string of the molecule is CCN(Cc1ccccc1C)C(=O)Cc1cccc(C(F)(F)F)c1. The van der Waals surface area contributed by atoms with Gasteiger partial charge in [0.25, 0.3) is 0 Å². The van der Waals surface area contributed by atoms with Gasteiger partial charge in [0.05, 0.1) is 12.0 Å². The van der Waals surface area contributed by atoms with Crippen LogP contribution in [0, 0.1) is 6.92 Å². The molecular formula is C19H20F3NO. The van der Waals surface area contributed by atoms with Gasteiger partial charge < -0.3 is 4.90 Å². The van der Waals surface area contributed by atoms with Crippen LogP contribution in [0.5, 0.6) is 0 Å². The number of nitrogens with zero attached hydrogens (tertiary/aromatic N) is 1. The molecule has 2 aromatic carbocycles. The molecule has 0 saturated heterocycles. The Morgan fingerprint density at radius 1 is 1.08 bits per heavy atom. The number of benzene rings is 2. The summed E-state index contributed by atoms with van der Waals surface area (Å²) in [7, 11) is 0. The number of hydrogen-bond acceptors (Lipinski definition) is 1. The van der Waals surface area contributed by atoms with Gasteiger partial charge in [0.2, 0.25) is 5.91 Å². The highest BCUT2D eigenvalue weighted by molar-refractivity contribution is 5.78. The molecule has 2 rings (SSSR count). The smallest absolute Gasteiger partial charge is 0.338 e. The van der Waals surface area contributed by atoms with E-state index in [-0.39, 0.29) is 12.3 Å². The molecule has 0 aliphatic rings. The Kier molecular flexibility index (Phi) is 5.65. The van der Waals surface area contributed by atoms with Gasteiger partial charge in [-0.3, -0.25) is 4.79 Å². The third kappa shape index (κ3) is 4.60. The lowest BCUT2D eigenvalue weighted by Gasteiger charge is -2.22. The van der Waals surface area contributed by atoms with Crippen molar-refractivity contribution < 1.29 is 18.0 Å². The van der Waals surface area contributed by atoms with E-state index in [9.17, 15) is 18.0 Å². The van der Waals surface area contributed by atoms with E-state index in [1.807, 2.05) is 38.1 Å². The van der Waals surface area contributed by atoms with Gasteiger partial charge in [-0.25, -0.2) is 0 Å². The number of likely N-dealkylation sites (N-methyl/N-ethyl adjacent to an activating group) is 1. The summed E-state index contributed by atoms with van der Waals surface area (Å²) in [5.74, 6) is -0.180. The van der Waals surface area contributed by atoms with Crippen LogP contribution < -0.4 is 0 Å². The molecule has 0 spiro atoms. The first-order valence-electron chi connectivity index (χ1n) is 7.79. The third-order valence-electron chi connectivity index (χ3n) is 3.97. The third-order valence-corrected chi connectivity index (χ3v) is 3.97. The van der Waals surface area contributed by atoms with Crippen molar-refractivity contribution in [3.63, 3.8) is 0 Å². The summed E-state index contributed by atoms with van der Waals surface area (Å²) in [5.41, 5.74) is 1.77. The normalized spacial score (nSPS) is 11.4. The molecule has 0 bridgehead atoms. The summed E-state index contributed by atoms with van der Waals surface area (Å²) >= 11 is 0. The Bertz CT molecular complexity index is 710. The van der Waals surface area contributed by atoms with E-state index in [0.717, 1.165) is 23.3 Å². The van der Waals surface area contributed by atoms with E-state index >= 15 is 0 Å². The summed E-state index contributed by atoms with van der Waals surface area (Å²) in [6.45, 7) is 4.80. The van der Waals surface area contributed by atoms with Crippen LogP contribution in [0.2, 0.25) is 0 Å².